The summed E-state index contributed by atoms with van der Waals surface area (Å²) in [5.74, 6) is 1.87. The number of benzene rings is 1. The standard InChI is InChI=1S/C17H22N2O4/c20-10-16(18-9-14-8-11-1-2-13(14)7-11)17(21)12-3-5-15(6-4-12)19(22)23/h1-6,11,13-14,16-18,20-21H,7-10H2/t11-,13-,14-,16-,17-/m0/s1. The Morgan fingerprint density at radius 2 is 2.00 bits per heavy atom. The molecule has 3 N–H and O–H groups in total. The van der Waals surface area contributed by atoms with E-state index in [-0.39, 0.29) is 12.3 Å². The van der Waals surface area contributed by atoms with Gasteiger partial charge in [-0.05, 0) is 54.8 Å². The summed E-state index contributed by atoms with van der Waals surface area (Å²) in [7, 11) is 0. The summed E-state index contributed by atoms with van der Waals surface area (Å²) >= 11 is 0. The van der Waals surface area contributed by atoms with Crippen molar-refractivity contribution >= 4 is 5.69 Å². The lowest BCUT2D eigenvalue weighted by Crippen LogP contribution is -2.41. The number of allylic oxidation sites excluding steroid dienone is 2. The van der Waals surface area contributed by atoms with Gasteiger partial charge in [-0.25, -0.2) is 0 Å². The Hall–Kier alpha value is -1.76. The van der Waals surface area contributed by atoms with Crippen LogP contribution >= 0.6 is 0 Å². The van der Waals surface area contributed by atoms with E-state index < -0.39 is 17.1 Å². The van der Waals surface area contributed by atoms with Gasteiger partial charge in [0.1, 0.15) is 0 Å². The molecular weight excluding hydrogens is 296 g/mol. The molecule has 2 bridgehead atoms. The molecule has 0 aliphatic heterocycles. The molecule has 2 aliphatic rings. The van der Waals surface area contributed by atoms with Gasteiger partial charge < -0.3 is 15.5 Å². The van der Waals surface area contributed by atoms with Gasteiger partial charge in [-0.3, -0.25) is 10.1 Å². The number of aliphatic hydroxyl groups is 2. The first-order chi connectivity index (χ1) is 11.1. The van der Waals surface area contributed by atoms with E-state index in [1.54, 1.807) is 0 Å². The van der Waals surface area contributed by atoms with E-state index in [0.717, 1.165) is 6.54 Å². The van der Waals surface area contributed by atoms with Gasteiger partial charge in [-0.15, -0.1) is 0 Å². The number of nitrogens with zero attached hydrogens (tertiary/aromatic N) is 1. The number of fused-ring (bicyclic) bond motifs is 2. The molecule has 124 valence electrons. The fourth-order valence-corrected chi connectivity index (χ4v) is 3.73. The highest BCUT2D eigenvalue weighted by atomic mass is 16.6. The summed E-state index contributed by atoms with van der Waals surface area (Å²) in [6, 6.07) is 5.34. The van der Waals surface area contributed by atoms with Gasteiger partial charge in [0.15, 0.2) is 0 Å². The van der Waals surface area contributed by atoms with Crippen molar-refractivity contribution in [3.8, 4) is 0 Å². The normalized spacial score (nSPS) is 28.0. The van der Waals surface area contributed by atoms with Crippen LogP contribution < -0.4 is 5.32 Å². The first kappa shape index (κ1) is 16.1. The van der Waals surface area contributed by atoms with Crippen LogP contribution in [0.15, 0.2) is 36.4 Å². The second kappa shape index (κ2) is 6.78. The molecule has 0 aromatic heterocycles. The van der Waals surface area contributed by atoms with Gasteiger partial charge in [0.05, 0.1) is 23.7 Å². The number of rotatable bonds is 7. The molecule has 6 heteroatoms. The summed E-state index contributed by atoms with van der Waals surface area (Å²) in [4.78, 5) is 10.2. The monoisotopic (exact) mass is 318 g/mol. The minimum atomic E-state index is -0.894. The average molecular weight is 318 g/mol. The lowest BCUT2D eigenvalue weighted by molar-refractivity contribution is -0.384. The van der Waals surface area contributed by atoms with Gasteiger partial charge in [-0.1, -0.05) is 12.2 Å². The Morgan fingerprint density at radius 1 is 1.26 bits per heavy atom. The third kappa shape index (κ3) is 3.44. The fourth-order valence-electron chi connectivity index (χ4n) is 3.73. The summed E-state index contributed by atoms with van der Waals surface area (Å²) in [6.07, 6.45) is 6.06. The molecule has 0 saturated heterocycles. The van der Waals surface area contributed by atoms with Crippen LogP contribution in [0.25, 0.3) is 0 Å². The SMILES string of the molecule is O=[N+]([O-])c1ccc([C@H](O)[C@H](CO)NC[C@@H]2C[C@H]3C=C[C@H]2C3)cc1. The zero-order valence-corrected chi connectivity index (χ0v) is 12.8. The summed E-state index contributed by atoms with van der Waals surface area (Å²) in [6.45, 7) is 0.579. The number of hydrogen-bond acceptors (Lipinski definition) is 5. The molecule has 1 saturated carbocycles. The first-order valence-electron chi connectivity index (χ1n) is 8.03. The maximum absolute atomic E-state index is 10.7. The van der Waals surface area contributed by atoms with Crippen molar-refractivity contribution in [2.75, 3.05) is 13.2 Å². The van der Waals surface area contributed by atoms with Crippen LogP contribution in [-0.4, -0.2) is 34.3 Å². The second-order valence-electron chi connectivity index (χ2n) is 6.53. The highest BCUT2D eigenvalue weighted by Crippen LogP contribution is 2.43. The van der Waals surface area contributed by atoms with Crippen LogP contribution in [0, 0.1) is 27.9 Å². The van der Waals surface area contributed by atoms with E-state index in [0.29, 0.717) is 23.3 Å². The fraction of sp³-hybridized carbons (Fsp3) is 0.529. The van der Waals surface area contributed by atoms with Crippen molar-refractivity contribution in [2.24, 2.45) is 17.8 Å². The predicted octanol–water partition coefficient (Wildman–Crippen LogP) is 1.79. The summed E-state index contributed by atoms with van der Waals surface area (Å²) in [5.41, 5.74) is 0.554. The number of nitrogens with one attached hydrogen (secondary N) is 1. The zero-order valence-electron chi connectivity index (χ0n) is 12.8. The molecule has 2 aliphatic carbocycles. The Kier molecular flexibility index (Phi) is 4.75. The van der Waals surface area contributed by atoms with E-state index in [1.165, 1.54) is 37.1 Å². The van der Waals surface area contributed by atoms with Crippen LogP contribution in [-0.2, 0) is 0 Å². The quantitative estimate of drug-likeness (QED) is 0.405. The van der Waals surface area contributed by atoms with Gasteiger partial charge >= 0.3 is 0 Å². The Labute approximate surface area is 135 Å². The smallest absolute Gasteiger partial charge is 0.269 e. The molecule has 1 aromatic rings. The largest absolute Gasteiger partial charge is 0.395 e. The molecule has 5 atom stereocenters. The molecule has 0 amide bonds. The second-order valence-corrected chi connectivity index (χ2v) is 6.53. The van der Waals surface area contributed by atoms with Gasteiger partial charge in [0.2, 0.25) is 0 Å². The minimum absolute atomic E-state index is 0.0109. The molecule has 0 heterocycles. The van der Waals surface area contributed by atoms with E-state index in [4.69, 9.17) is 0 Å². The average Bonchev–Trinajstić information content (AvgIpc) is 3.18. The summed E-state index contributed by atoms with van der Waals surface area (Å²) in [5, 5.41) is 33.9. The predicted molar refractivity (Wildman–Crippen MR) is 85.8 cm³/mol. The van der Waals surface area contributed by atoms with Crippen LogP contribution in [0.5, 0.6) is 0 Å². The number of nitro groups is 1. The lowest BCUT2D eigenvalue weighted by Gasteiger charge is -2.26. The number of non-ortho nitro benzene ring substituents is 1. The van der Waals surface area contributed by atoms with Crippen LogP contribution in [0.4, 0.5) is 5.69 Å². The minimum Gasteiger partial charge on any atom is -0.395 e. The van der Waals surface area contributed by atoms with Crippen molar-refractivity contribution in [2.45, 2.75) is 25.0 Å². The van der Waals surface area contributed by atoms with Crippen molar-refractivity contribution in [3.63, 3.8) is 0 Å². The van der Waals surface area contributed by atoms with Crippen molar-refractivity contribution in [1.29, 1.82) is 0 Å². The molecule has 1 aromatic carbocycles. The molecule has 0 spiro atoms. The highest BCUT2D eigenvalue weighted by Gasteiger charge is 2.35. The van der Waals surface area contributed by atoms with Crippen LogP contribution in [0.1, 0.15) is 24.5 Å². The van der Waals surface area contributed by atoms with Gasteiger partial charge in [-0.2, -0.15) is 0 Å². The molecule has 0 unspecified atom stereocenters. The third-order valence-corrected chi connectivity index (χ3v) is 5.08. The van der Waals surface area contributed by atoms with Gasteiger partial charge in [0.25, 0.3) is 5.69 Å². The number of aliphatic hydroxyl groups excluding tert-OH is 2. The lowest BCUT2D eigenvalue weighted by atomic mass is 9.93. The van der Waals surface area contributed by atoms with E-state index in [1.807, 2.05) is 0 Å². The zero-order chi connectivity index (χ0) is 16.4. The Morgan fingerprint density at radius 3 is 2.52 bits per heavy atom. The topological polar surface area (TPSA) is 95.6 Å². The Balaban J connectivity index is 1.58. The maximum atomic E-state index is 10.7. The van der Waals surface area contributed by atoms with E-state index >= 15 is 0 Å². The molecule has 6 nitrogen and oxygen atoms in total. The molecule has 1 fully saturated rings. The van der Waals surface area contributed by atoms with Crippen molar-refractivity contribution < 1.29 is 15.1 Å². The Bertz CT molecular complexity index is 587. The molecule has 3 rings (SSSR count). The summed E-state index contributed by atoms with van der Waals surface area (Å²) < 4.78 is 0. The molecule has 23 heavy (non-hydrogen) atoms. The van der Waals surface area contributed by atoms with E-state index in [9.17, 15) is 20.3 Å². The molecular formula is C17H22N2O4. The van der Waals surface area contributed by atoms with Crippen molar-refractivity contribution in [1.82, 2.24) is 5.32 Å². The van der Waals surface area contributed by atoms with Crippen molar-refractivity contribution in [3.05, 3.63) is 52.1 Å². The number of nitro benzene ring substituents is 1. The third-order valence-electron chi connectivity index (χ3n) is 5.08. The first-order valence-corrected chi connectivity index (χ1v) is 8.03. The number of hydrogen-bond donors (Lipinski definition) is 3. The molecule has 0 radical (unpaired) electrons. The van der Waals surface area contributed by atoms with Crippen LogP contribution in [0.3, 0.4) is 0 Å². The van der Waals surface area contributed by atoms with Gasteiger partial charge in [0, 0.05) is 12.1 Å². The maximum Gasteiger partial charge on any atom is 0.269 e. The van der Waals surface area contributed by atoms with E-state index in [2.05, 4.69) is 17.5 Å². The van der Waals surface area contributed by atoms with Crippen LogP contribution in [0.2, 0.25) is 0 Å². The highest BCUT2D eigenvalue weighted by molar-refractivity contribution is 5.34.